The number of carbonyl (C=O) groups is 1. The quantitative estimate of drug-likeness (QED) is 0.350. The van der Waals surface area contributed by atoms with Gasteiger partial charge in [0.2, 0.25) is 5.91 Å². The molecule has 0 aliphatic rings. The fraction of sp³-hybridized carbons (Fsp3) is 0.310. The van der Waals surface area contributed by atoms with E-state index in [-0.39, 0.29) is 23.9 Å². The number of hydrogen-bond acceptors (Lipinski definition) is 3. The van der Waals surface area contributed by atoms with Crippen molar-refractivity contribution in [1.82, 2.24) is 15.1 Å². The van der Waals surface area contributed by atoms with E-state index in [1.165, 1.54) is 12.1 Å². The van der Waals surface area contributed by atoms with Gasteiger partial charge in [0.25, 0.3) is 0 Å². The van der Waals surface area contributed by atoms with Gasteiger partial charge in [0.15, 0.2) is 0 Å². The molecule has 0 radical (unpaired) electrons. The average molecular weight is 474 g/mol. The number of amides is 1. The predicted molar refractivity (Wildman–Crippen MR) is 137 cm³/mol. The Morgan fingerprint density at radius 3 is 2.43 bits per heavy atom. The number of nitrogens with zero attached hydrogens (tertiary/aromatic N) is 2. The zero-order valence-electron chi connectivity index (χ0n) is 21.1. The molecule has 0 fully saturated rings. The number of benzene rings is 3. The van der Waals surface area contributed by atoms with E-state index in [2.05, 4.69) is 35.5 Å². The number of carbonyl (C=O) groups excluding carboxylic acids is 1. The Morgan fingerprint density at radius 2 is 1.74 bits per heavy atom. The molecule has 1 N–H and O–H groups in total. The predicted octanol–water partition coefficient (Wildman–Crippen LogP) is 6.45. The van der Waals surface area contributed by atoms with Crippen LogP contribution in [-0.4, -0.2) is 21.7 Å². The van der Waals surface area contributed by atoms with Gasteiger partial charge in [0.1, 0.15) is 17.7 Å². The molecule has 0 unspecified atom stereocenters. The average Bonchev–Trinajstić information content (AvgIpc) is 3.22. The van der Waals surface area contributed by atoms with Crippen molar-refractivity contribution in [3.05, 3.63) is 89.4 Å². The minimum atomic E-state index is -0.506. The lowest BCUT2D eigenvalue weighted by Crippen LogP contribution is -2.44. The molecule has 0 aliphatic heterocycles. The van der Waals surface area contributed by atoms with Crippen LogP contribution in [0.15, 0.2) is 66.9 Å². The number of rotatable bonds is 6. The topological polar surface area (TPSA) is 56.1 Å². The Bertz CT molecular complexity index is 1350. The van der Waals surface area contributed by atoms with E-state index in [9.17, 15) is 9.18 Å². The van der Waals surface area contributed by atoms with E-state index in [0.717, 1.165) is 33.3 Å². The summed E-state index contributed by atoms with van der Waals surface area (Å²) in [5.41, 5.74) is 4.43. The smallest absolute Gasteiger partial charge is 0.225 e. The first-order valence-electron chi connectivity index (χ1n) is 11.8. The number of halogens is 1. The second-order valence-corrected chi connectivity index (χ2v) is 10.2. The van der Waals surface area contributed by atoms with Gasteiger partial charge >= 0.3 is 0 Å². The van der Waals surface area contributed by atoms with Gasteiger partial charge in [-0.25, -0.2) is 9.07 Å². The summed E-state index contributed by atoms with van der Waals surface area (Å²) in [6.45, 7) is 11.8. The van der Waals surface area contributed by atoms with Gasteiger partial charge in [-0.2, -0.15) is 5.10 Å². The highest BCUT2D eigenvalue weighted by atomic mass is 19.1. The van der Waals surface area contributed by atoms with Crippen molar-refractivity contribution in [1.29, 1.82) is 0 Å². The lowest BCUT2D eigenvalue weighted by molar-refractivity contribution is -0.129. The molecule has 1 aromatic heterocycles. The summed E-state index contributed by atoms with van der Waals surface area (Å²) in [5, 5.41) is 8.53. The van der Waals surface area contributed by atoms with Crippen molar-refractivity contribution in [2.24, 2.45) is 5.41 Å². The van der Waals surface area contributed by atoms with Crippen LogP contribution in [0.2, 0.25) is 0 Å². The Kier molecular flexibility index (Phi) is 6.66. The van der Waals surface area contributed by atoms with Crippen molar-refractivity contribution in [3.8, 4) is 11.4 Å². The second kappa shape index (κ2) is 9.53. The number of ether oxygens (including phenoxy) is 1. The SMILES string of the molecule is Cc1ccc(C)c([C@H](Oc2ccc3c(cnn3-c3ccc(F)cc3)c2)[C@H](C)NC(=O)C(C)(C)C)c1. The summed E-state index contributed by atoms with van der Waals surface area (Å²) < 4.78 is 21.7. The van der Waals surface area contributed by atoms with E-state index in [1.807, 2.05) is 52.8 Å². The van der Waals surface area contributed by atoms with Crippen LogP contribution in [-0.2, 0) is 4.79 Å². The molecular formula is C29H32FN3O2. The number of aromatic nitrogens is 2. The van der Waals surface area contributed by atoms with Crippen molar-refractivity contribution < 1.29 is 13.9 Å². The minimum absolute atomic E-state index is 0.0278. The third-order valence-corrected chi connectivity index (χ3v) is 6.11. The molecule has 4 aromatic rings. The second-order valence-electron chi connectivity index (χ2n) is 10.2. The molecular weight excluding hydrogens is 441 g/mol. The van der Waals surface area contributed by atoms with Gasteiger partial charge in [-0.15, -0.1) is 0 Å². The first kappa shape index (κ1) is 24.5. The van der Waals surface area contributed by atoms with E-state index in [0.29, 0.717) is 5.75 Å². The maximum absolute atomic E-state index is 13.3. The molecule has 182 valence electrons. The molecule has 0 bridgehead atoms. The third kappa shape index (κ3) is 5.37. The molecule has 1 heterocycles. The Labute approximate surface area is 205 Å². The molecule has 0 saturated carbocycles. The molecule has 4 rings (SSSR count). The van der Waals surface area contributed by atoms with Crippen LogP contribution in [0.1, 0.15) is 50.5 Å². The highest BCUT2D eigenvalue weighted by Crippen LogP contribution is 2.31. The fourth-order valence-electron chi connectivity index (χ4n) is 4.02. The molecule has 0 aliphatic carbocycles. The van der Waals surface area contributed by atoms with Gasteiger partial charge in [-0.1, -0.05) is 44.5 Å². The lowest BCUT2D eigenvalue weighted by Gasteiger charge is -2.30. The van der Waals surface area contributed by atoms with E-state index < -0.39 is 5.41 Å². The van der Waals surface area contributed by atoms with Crippen LogP contribution in [0.25, 0.3) is 16.6 Å². The van der Waals surface area contributed by atoms with Gasteiger partial charge in [-0.3, -0.25) is 4.79 Å². The largest absolute Gasteiger partial charge is 0.484 e. The van der Waals surface area contributed by atoms with Crippen LogP contribution in [0.3, 0.4) is 0 Å². The normalized spacial score (nSPS) is 13.5. The molecule has 3 aromatic carbocycles. The summed E-state index contributed by atoms with van der Waals surface area (Å²) in [4.78, 5) is 12.7. The summed E-state index contributed by atoms with van der Waals surface area (Å²) in [6.07, 6.45) is 1.38. The van der Waals surface area contributed by atoms with Gasteiger partial charge in [0, 0.05) is 10.8 Å². The van der Waals surface area contributed by atoms with Crippen molar-refractivity contribution in [2.45, 2.75) is 53.7 Å². The number of aryl methyl sites for hydroxylation is 2. The van der Waals surface area contributed by atoms with E-state index in [4.69, 9.17) is 4.74 Å². The summed E-state index contributed by atoms with van der Waals surface area (Å²) in [7, 11) is 0. The van der Waals surface area contributed by atoms with Crippen LogP contribution in [0.5, 0.6) is 5.75 Å². The molecule has 0 saturated heterocycles. The summed E-state index contributed by atoms with van der Waals surface area (Å²) in [6, 6.07) is 18.0. The van der Waals surface area contributed by atoms with Crippen LogP contribution >= 0.6 is 0 Å². The van der Waals surface area contributed by atoms with Gasteiger partial charge in [-0.05, 0) is 74.4 Å². The third-order valence-electron chi connectivity index (χ3n) is 6.11. The Morgan fingerprint density at radius 1 is 1.03 bits per heavy atom. The molecule has 1 amide bonds. The Balaban J connectivity index is 1.68. The van der Waals surface area contributed by atoms with Gasteiger partial charge in [0.05, 0.1) is 23.4 Å². The van der Waals surface area contributed by atoms with Crippen molar-refractivity contribution >= 4 is 16.8 Å². The van der Waals surface area contributed by atoms with Crippen molar-refractivity contribution in [3.63, 3.8) is 0 Å². The zero-order chi connectivity index (χ0) is 25.3. The van der Waals surface area contributed by atoms with E-state index >= 15 is 0 Å². The maximum Gasteiger partial charge on any atom is 0.225 e. The summed E-state index contributed by atoms with van der Waals surface area (Å²) in [5.74, 6) is 0.366. The van der Waals surface area contributed by atoms with Crippen molar-refractivity contribution in [2.75, 3.05) is 0 Å². The number of nitrogens with one attached hydrogen (secondary N) is 1. The first-order chi connectivity index (χ1) is 16.5. The van der Waals surface area contributed by atoms with E-state index in [1.54, 1.807) is 23.0 Å². The lowest BCUT2D eigenvalue weighted by atomic mass is 9.93. The monoisotopic (exact) mass is 473 g/mol. The standard InChI is InChI=1S/C29H32FN3O2/c1-18-7-8-19(2)25(15-18)27(20(3)32-28(34)29(4,5)6)35-24-13-14-26-21(16-24)17-31-33(26)23-11-9-22(30)10-12-23/h7-17,20,27H,1-6H3,(H,32,34)/t20-,27+/m0/s1. The van der Waals surface area contributed by atoms with Crippen LogP contribution < -0.4 is 10.1 Å². The number of fused-ring (bicyclic) bond motifs is 1. The summed E-state index contributed by atoms with van der Waals surface area (Å²) >= 11 is 0. The molecule has 6 heteroatoms. The molecule has 0 spiro atoms. The maximum atomic E-state index is 13.3. The zero-order valence-corrected chi connectivity index (χ0v) is 21.1. The highest BCUT2D eigenvalue weighted by Gasteiger charge is 2.29. The van der Waals surface area contributed by atoms with Crippen LogP contribution in [0.4, 0.5) is 4.39 Å². The van der Waals surface area contributed by atoms with Crippen LogP contribution in [0, 0.1) is 25.1 Å². The fourth-order valence-corrected chi connectivity index (χ4v) is 4.02. The van der Waals surface area contributed by atoms with Gasteiger partial charge < -0.3 is 10.1 Å². The highest BCUT2D eigenvalue weighted by molar-refractivity contribution is 5.82. The Hall–Kier alpha value is -3.67. The molecule has 5 nitrogen and oxygen atoms in total. The number of hydrogen-bond donors (Lipinski definition) is 1. The minimum Gasteiger partial charge on any atom is -0.484 e. The first-order valence-corrected chi connectivity index (χ1v) is 11.8. The molecule has 35 heavy (non-hydrogen) atoms. The molecule has 2 atom stereocenters.